The third kappa shape index (κ3) is 3.47. The average Bonchev–Trinajstić information content (AvgIpc) is 3.00. The van der Waals surface area contributed by atoms with Crippen molar-refractivity contribution in [1.82, 2.24) is 10.2 Å². The summed E-state index contributed by atoms with van der Waals surface area (Å²) in [6.07, 6.45) is 1.39. The highest BCUT2D eigenvalue weighted by atomic mass is 16.3. The molecule has 1 fully saturated rings. The summed E-state index contributed by atoms with van der Waals surface area (Å²) < 4.78 is 6.04. The minimum Gasteiger partial charge on any atom is -0.459 e. The third-order valence-corrected chi connectivity index (χ3v) is 4.56. The van der Waals surface area contributed by atoms with Crippen LogP contribution in [0.5, 0.6) is 0 Å². The van der Waals surface area contributed by atoms with Gasteiger partial charge in [0.25, 0.3) is 0 Å². The van der Waals surface area contributed by atoms with E-state index < -0.39 is 0 Å². The molecule has 1 heterocycles. The van der Waals surface area contributed by atoms with E-state index in [1.807, 2.05) is 12.1 Å². The summed E-state index contributed by atoms with van der Waals surface area (Å²) in [5.74, 6) is 2.86. The summed E-state index contributed by atoms with van der Waals surface area (Å²) in [6, 6.07) is 10.7. The Balaban J connectivity index is 1.70. The summed E-state index contributed by atoms with van der Waals surface area (Å²) in [6.45, 7) is 7.65. The van der Waals surface area contributed by atoms with Crippen LogP contribution in [0, 0.1) is 11.8 Å². The molecule has 1 aliphatic carbocycles. The number of fused-ring (bicyclic) bond motifs is 1. The van der Waals surface area contributed by atoms with Gasteiger partial charge in [-0.15, -0.1) is 0 Å². The van der Waals surface area contributed by atoms with Gasteiger partial charge in [-0.25, -0.2) is 0 Å². The Labute approximate surface area is 127 Å². The van der Waals surface area contributed by atoms with Crippen molar-refractivity contribution in [3.05, 3.63) is 36.1 Å². The Bertz CT molecular complexity index is 559. The van der Waals surface area contributed by atoms with E-state index in [1.54, 1.807) is 0 Å². The van der Waals surface area contributed by atoms with Crippen molar-refractivity contribution in [2.75, 3.05) is 26.7 Å². The first-order chi connectivity index (χ1) is 10.2. The first kappa shape index (κ1) is 14.6. The van der Waals surface area contributed by atoms with E-state index in [1.165, 1.54) is 18.4 Å². The third-order valence-electron chi connectivity index (χ3n) is 4.56. The van der Waals surface area contributed by atoms with Crippen molar-refractivity contribution in [3.63, 3.8) is 0 Å². The van der Waals surface area contributed by atoms with Gasteiger partial charge in [-0.1, -0.05) is 32.0 Å². The molecule has 21 heavy (non-hydrogen) atoms. The van der Waals surface area contributed by atoms with Gasteiger partial charge in [0.2, 0.25) is 0 Å². The van der Waals surface area contributed by atoms with Crippen LogP contribution in [0.2, 0.25) is 0 Å². The lowest BCUT2D eigenvalue weighted by Crippen LogP contribution is -2.34. The highest BCUT2D eigenvalue weighted by molar-refractivity contribution is 5.77. The molecule has 3 atom stereocenters. The minimum absolute atomic E-state index is 0.265. The maximum Gasteiger partial charge on any atom is 0.134 e. The number of furan rings is 1. The molecule has 1 N–H and O–H groups in total. The molecule has 3 heteroatoms. The Kier molecular flexibility index (Phi) is 4.32. The number of rotatable bonds is 7. The number of nitrogens with zero attached hydrogens (tertiary/aromatic N) is 1. The minimum atomic E-state index is 0.265. The van der Waals surface area contributed by atoms with Crippen molar-refractivity contribution < 1.29 is 4.42 Å². The summed E-state index contributed by atoms with van der Waals surface area (Å²) >= 11 is 0. The van der Waals surface area contributed by atoms with Crippen LogP contribution in [0.3, 0.4) is 0 Å². The second-order valence-corrected chi connectivity index (χ2v) is 6.49. The Morgan fingerprint density at radius 3 is 2.81 bits per heavy atom. The normalized spacial score (nSPS) is 22.9. The van der Waals surface area contributed by atoms with Gasteiger partial charge in [0.15, 0.2) is 0 Å². The monoisotopic (exact) mass is 286 g/mol. The zero-order chi connectivity index (χ0) is 14.8. The van der Waals surface area contributed by atoms with Crippen LogP contribution >= 0.6 is 0 Å². The molecule has 114 valence electrons. The molecule has 1 aromatic heterocycles. The number of hydrogen-bond acceptors (Lipinski definition) is 3. The Morgan fingerprint density at radius 2 is 2.14 bits per heavy atom. The molecule has 2 aromatic rings. The SMILES string of the molecule is CCNC(CN(C)CC1CC1C)c1cc2ccccc2o1. The van der Waals surface area contributed by atoms with E-state index in [-0.39, 0.29) is 6.04 Å². The van der Waals surface area contributed by atoms with Gasteiger partial charge in [-0.3, -0.25) is 0 Å². The number of nitrogens with one attached hydrogen (secondary N) is 1. The zero-order valence-corrected chi connectivity index (χ0v) is 13.3. The predicted molar refractivity (Wildman–Crippen MR) is 87.4 cm³/mol. The van der Waals surface area contributed by atoms with Gasteiger partial charge < -0.3 is 14.6 Å². The molecular weight excluding hydrogens is 260 g/mol. The zero-order valence-electron chi connectivity index (χ0n) is 13.3. The van der Waals surface area contributed by atoms with Crippen LogP contribution in [-0.2, 0) is 0 Å². The van der Waals surface area contributed by atoms with Gasteiger partial charge in [0.1, 0.15) is 11.3 Å². The fourth-order valence-corrected chi connectivity index (χ4v) is 3.12. The molecule has 0 radical (unpaired) electrons. The molecule has 0 aliphatic heterocycles. The van der Waals surface area contributed by atoms with Crippen molar-refractivity contribution in [1.29, 1.82) is 0 Å². The molecule has 1 aliphatic rings. The average molecular weight is 286 g/mol. The fourth-order valence-electron chi connectivity index (χ4n) is 3.12. The first-order valence-electron chi connectivity index (χ1n) is 8.07. The topological polar surface area (TPSA) is 28.4 Å². The number of benzene rings is 1. The Morgan fingerprint density at radius 1 is 1.38 bits per heavy atom. The van der Waals surface area contributed by atoms with Gasteiger partial charge in [0.05, 0.1) is 6.04 Å². The number of hydrogen-bond donors (Lipinski definition) is 1. The molecule has 1 saturated carbocycles. The summed E-state index contributed by atoms with van der Waals surface area (Å²) in [4.78, 5) is 2.44. The lowest BCUT2D eigenvalue weighted by atomic mass is 10.1. The van der Waals surface area contributed by atoms with Crippen LogP contribution in [-0.4, -0.2) is 31.6 Å². The van der Waals surface area contributed by atoms with Gasteiger partial charge in [-0.05, 0) is 44.0 Å². The van der Waals surface area contributed by atoms with Gasteiger partial charge in [0, 0.05) is 18.5 Å². The van der Waals surface area contributed by atoms with Crippen LogP contribution in [0.25, 0.3) is 11.0 Å². The smallest absolute Gasteiger partial charge is 0.134 e. The van der Waals surface area contributed by atoms with E-state index >= 15 is 0 Å². The molecular formula is C18H26N2O. The fraction of sp³-hybridized carbons (Fsp3) is 0.556. The lowest BCUT2D eigenvalue weighted by molar-refractivity contribution is 0.262. The summed E-state index contributed by atoms with van der Waals surface area (Å²) in [5, 5.41) is 4.75. The van der Waals surface area contributed by atoms with Gasteiger partial charge in [-0.2, -0.15) is 0 Å². The van der Waals surface area contributed by atoms with Crippen molar-refractivity contribution >= 4 is 11.0 Å². The largest absolute Gasteiger partial charge is 0.459 e. The predicted octanol–water partition coefficient (Wildman–Crippen LogP) is 3.67. The van der Waals surface area contributed by atoms with E-state index in [2.05, 4.69) is 49.3 Å². The number of likely N-dealkylation sites (N-methyl/N-ethyl adjacent to an activating group) is 2. The second kappa shape index (κ2) is 6.20. The second-order valence-electron chi connectivity index (χ2n) is 6.49. The van der Waals surface area contributed by atoms with E-state index in [9.17, 15) is 0 Å². The highest BCUT2D eigenvalue weighted by Crippen LogP contribution is 2.38. The Hall–Kier alpha value is -1.32. The molecule has 3 rings (SSSR count). The van der Waals surface area contributed by atoms with Crippen molar-refractivity contribution in [3.8, 4) is 0 Å². The molecule has 0 spiro atoms. The van der Waals surface area contributed by atoms with Crippen molar-refractivity contribution in [2.45, 2.75) is 26.3 Å². The summed E-state index contributed by atoms with van der Waals surface area (Å²) in [5.41, 5.74) is 0.980. The van der Waals surface area contributed by atoms with Gasteiger partial charge >= 0.3 is 0 Å². The summed E-state index contributed by atoms with van der Waals surface area (Å²) in [7, 11) is 2.22. The van der Waals surface area contributed by atoms with Crippen molar-refractivity contribution in [2.24, 2.45) is 11.8 Å². The molecule has 0 amide bonds. The highest BCUT2D eigenvalue weighted by Gasteiger charge is 2.33. The van der Waals surface area contributed by atoms with E-state index in [4.69, 9.17) is 4.42 Å². The lowest BCUT2D eigenvalue weighted by Gasteiger charge is -2.23. The quantitative estimate of drug-likeness (QED) is 0.842. The molecule has 1 aromatic carbocycles. The molecule has 0 bridgehead atoms. The maximum atomic E-state index is 6.04. The van der Waals surface area contributed by atoms with Crippen LogP contribution in [0.4, 0.5) is 0 Å². The molecule has 3 unspecified atom stereocenters. The van der Waals surface area contributed by atoms with E-state index in [0.29, 0.717) is 0 Å². The first-order valence-corrected chi connectivity index (χ1v) is 8.07. The maximum absolute atomic E-state index is 6.04. The van der Waals surface area contributed by atoms with Crippen LogP contribution < -0.4 is 5.32 Å². The molecule has 3 nitrogen and oxygen atoms in total. The number of para-hydroxylation sites is 1. The van der Waals surface area contributed by atoms with E-state index in [0.717, 1.165) is 36.3 Å². The van der Waals surface area contributed by atoms with Crippen LogP contribution in [0.1, 0.15) is 32.1 Å². The molecule has 0 saturated heterocycles. The standard InChI is InChI=1S/C18H26N2O/c1-4-19-16(12-20(3)11-15-9-13(15)2)18-10-14-7-5-6-8-17(14)21-18/h5-8,10,13,15-16,19H,4,9,11-12H2,1-3H3. The van der Waals surface area contributed by atoms with Crippen LogP contribution in [0.15, 0.2) is 34.7 Å².